The van der Waals surface area contributed by atoms with Crippen molar-refractivity contribution in [3.63, 3.8) is 0 Å². The summed E-state index contributed by atoms with van der Waals surface area (Å²) in [6.07, 6.45) is 0.935. The Morgan fingerprint density at radius 2 is 2.06 bits per heavy atom. The molecule has 0 saturated heterocycles. The molecule has 0 aliphatic heterocycles. The molecule has 0 radical (unpaired) electrons. The fourth-order valence-electron chi connectivity index (χ4n) is 1.87. The first-order valence-corrected chi connectivity index (χ1v) is 6.12. The quantitative estimate of drug-likeness (QED) is 0.787. The molecular weight excluding hydrogens is 212 g/mol. The number of anilines is 1. The third-order valence-corrected chi connectivity index (χ3v) is 3.07. The molecule has 1 atom stereocenters. The van der Waals surface area contributed by atoms with Crippen LogP contribution in [0, 0.1) is 12.8 Å². The van der Waals surface area contributed by atoms with Gasteiger partial charge in [-0.15, -0.1) is 0 Å². The fourth-order valence-corrected chi connectivity index (χ4v) is 1.87. The zero-order valence-electron chi connectivity index (χ0n) is 11.1. The molecule has 0 bridgehead atoms. The second-order valence-electron chi connectivity index (χ2n) is 4.81. The molecule has 0 aromatic heterocycles. The van der Waals surface area contributed by atoms with Crippen LogP contribution >= 0.6 is 0 Å². The van der Waals surface area contributed by atoms with Crippen LogP contribution in [0.4, 0.5) is 5.69 Å². The number of hydrogen-bond acceptors (Lipinski definition) is 2. The molecule has 0 aliphatic rings. The number of benzene rings is 1. The minimum atomic E-state index is -0.0321. The topological polar surface area (TPSA) is 55.1 Å². The van der Waals surface area contributed by atoms with Gasteiger partial charge in [-0.2, -0.15) is 0 Å². The summed E-state index contributed by atoms with van der Waals surface area (Å²) in [5.74, 6) is 0.403. The van der Waals surface area contributed by atoms with Gasteiger partial charge < -0.3 is 11.1 Å². The number of carbonyl (C=O) groups is 1. The van der Waals surface area contributed by atoms with Gasteiger partial charge in [-0.3, -0.25) is 4.79 Å². The minimum Gasteiger partial charge on any atom is -0.399 e. The number of aryl methyl sites for hydroxylation is 1. The molecule has 94 valence electrons. The van der Waals surface area contributed by atoms with Crippen LogP contribution in [0.15, 0.2) is 18.2 Å². The van der Waals surface area contributed by atoms with E-state index in [0.717, 1.165) is 12.0 Å². The van der Waals surface area contributed by atoms with Gasteiger partial charge in [-0.1, -0.05) is 26.8 Å². The standard InChI is InChI=1S/C14H22N2O/c1-5-13(9(2)3)16-14(17)12-8-11(15)7-6-10(12)4/h6-9,13H,5,15H2,1-4H3,(H,16,17). The Labute approximate surface area is 103 Å². The number of nitrogen functional groups attached to an aromatic ring is 1. The Morgan fingerprint density at radius 3 is 2.59 bits per heavy atom. The van der Waals surface area contributed by atoms with E-state index in [1.54, 1.807) is 6.07 Å². The molecule has 0 saturated carbocycles. The molecule has 0 aliphatic carbocycles. The predicted octanol–water partition coefficient (Wildman–Crippen LogP) is 2.74. The van der Waals surface area contributed by atoms with Gasteiger partial charge in [0.1, 0.15) is 0 Å². The molecule has 0 heterocycles. The van der Waals surface area contributed by atoms with Crippen molar-refractivity contribution in [2.24, 2.45) is 5.92 Å². The summed E-state index contributed by atoms with van der Waals surface area (Å²) in [4.78, 5) is 12.1. The van der Waals surface area contributed by atoms with Crippen molar-refractivity contribution in [2.75, 3.05) is 5.73 Å². The van der Waals surface area contributed by atoms with Crippen LogP contribution in [0.25, 0.3) is 0 Å². The molecule has 17 heavy (non-hydrogen) atoms. The van der Waals surface area contributed by atoms with Gasteiger partial charge >= 0.3 is 0 Å². The van der Waals surface area contributed by atoms with E-state index in [9.17, 15) is 4.79 Å². The molecule has 3 N–H and O–H groups in total. The lowest BCUT2D eigenvalue weighted by molar-refractivity contribution is 0.0924. The summed E-state index contributed by atoms with van der Waals surface area (Å²) >= 11 is 0. The van der Waals surface area contributed by atoms with Crippen molar-refractivity contribution in [1.82, 2.24) is 5.32 Å². The fraction of sp³-hybridized carbons (Fsp3) is 0.500. The van der Waals surface area contributed by atoms with Crippen LogP contribution < -0.4 is 11.1 Å². The molecule has 0 fully saturated rings. The highest BCUT2D eigenvalue weighted by Crippen LogP contribution is 2.14. The maximum atomic E-state index is 12.1. The lowest BCUT2D eigenvalue weighted by atomic mass is 10.0. The summed E-state index contributed by atoms with van der Waals surface area (Å²) in [7, 11) is 0. The van der Waals surface area contributed by atoms with Crippen molar-refractivity contribution in [1.29, 1.82) is 0 Å². The number of rotatable bonds is 4. The second kappa shape index (κ2) is 5.71. The van der Waals surface area contributed by atoms with E-state index in [1.807, 2.05) is 19.1 Å². The maximum absolute atomic E-state index is 12.1. The third-order valence-electron chi connectivity index (χ3n) is 3.07. The largest absolute Gasteiger partial charge is 0.399 e. The first kappa shape index (κ1) is 13.6. The minimum absolute atomic E-state index is 0.0321. The van der Waals surface area contributed by atoms with E-state index in [2.05, 4.69) is 26.1 Å². The van der Waals surface area contributed by atoms with Crippen molar-refractivity contribution in [3.8, 4) is 0 Å². The van der Waals surface area contributed by atoms with Gasteiger partial charge in [0.05, 0.1) is 0 Å². The van der Waals surface area contributed by atoms with Gasteiger partial charge in [0, 0.05) is 17.3 Å². The Morgan fingerprint density at radius 1 is 1.41 bits per heavy atom. The van der Waals surface area contributed by atoms with Gasteiger partial charge in [0.15, 0.2) is 0 Å². The molecule has 1 aromatic carbocycles. The van der Waals surface area contributed by atoms with Crippen molar-refractivity contribution >= 4 is 11.6 Å². The third kappa shape index (κ3) is 3.48. The molecule has 0 spiro atoms. The van der Waals surface area contributed by atoms with Gasteiger partial charge in [-0.05, 0) is 37.0 Å². The highest BCUT2D eigenvalue weighted by atomic mass is 16.1. The monoisotopic (exact) mass is 234 g/mol. The van der Waals surface area contributed by atoms with Gasteiger partial charge in [-0.25, -0.2) is 0 Å². The first-order chi connectivity index (χ1) is 7.95. The Bertz CT molecular complexity index is 399. The summed E-state index contributed by atoms with van der Waals surface area (Å²) in [5, 5.41) is 3.06. The van der Waals surface area contributed by atoms with E-state index < -0.39 is 0 Å². The molecule has 1 amide bonds. The molecule has 1 unspecified atom stereocenters. The Balaban J connectivity index is 2.86. The van der Waals surface area contributed by atoms with Crippen LogP contribution in [0.3, 0.4) is 0 Å². The number of nitrogens with one attached hydrogen (secondary N) is 1. The number of nitrogens with two attached hydrogens (primary N) is 1. The number of hydrogen-bond donors (Lipinski definition) is 2. The lowest BCUT2D eigenvalue weighted by Crippen LogP contribution is -2.38. The zero-order valence-corrected chi connectivity index (χ0v) is 11.1. The number of amides is 1. The first-order valence-electron chi connectivity index (χ1n) is 6.12. The van der Waals surface area contributed by atoms with E-state index in [-0.39, 0.29) is 11.9 Å². The van der Waals surface area contributed by atoms with Crippen LogP contribution in [0.5, 0.6) is 0 Å². The van der Waals surface area contributed by atoms with Crippen molar-refractivity contribution in [2.45, 2.75) is 40.2 Å². The van der Waals surface area contributed by atoms with Crippen LogP contribution in [0.2, 0.25) is 0 Å². The van der Waals surface area contributed by atoms with Crippen molar-refractivity contribution < 1.29 is 4.79 Å². The van der Waals surface area contributed by atoms with Crippen LogP contribution in [0.1, 0.15) is 43.1 Å². The molecule has 1 rings (SSSR count). The summed E-state index contributed by atoms with van der Waals surface area (Å²) in [6, 6.07) is 5.63. The molecule has 1 aromatic rings. The average molecular weight is 234 g/mol. The highest BCUT2D eigenvalue weighted by Gasteiger charge is 2.16. The Kier molecular flexibility index (Phi) is 4.55. The summed E-state index contributed by atoms with van der Waals surface area (Å²) in [5.41, 5.74) is 7.96. The maximum Gasteiger partial charge on any atom is 0.251 e. The van der Waals surface area contributed by atoms with E-state index in [0.29, 0.717) is 17.2 Å². The molecular formula is C14H22N2O. The van der Waals surface area contributed by atoms with E-state index in [1.165, 1.54) is 0 Å². The summed E-state index contributed by atoms with van der Waals surface area (Å²) < 4.78 is 0. The zero-order chi connectivity index (χ0) is 13.0. The lowest BCUT2D eigenvalue weighted by Gasteiger charge is -2.21. The van der Waals surface area contributed by atoms with E-state index in [4.69, 9.17) is 5.73 Å². The van der Waals surface area contributed by atoms with Gasteiger partial charge in [0.2, 0.25) is 0 Å². The SMILES string of the molecule is CCC(NC(=O)c1cc(N)ccc1C)C(C)C. The smallest absolute Gasteiger partial charge is 0.251 e. The Hall–Kier alpha value is -1.51. The average Bonchev–Trinajstić information content (AvgIpc) is 2.28. The van der Waals surface area contributed by atoms with Crippen LogP contribution in [-0.2, 0) is 0 Å². The van der Waals surface area contributed by atoms with Crippen molar-refractivity contribution in [3.05, 3.63) is 29.3 Å². The molecule has 3 heteroatoms. The van der Waals surface area contributed by atoms with Crippen LogP contribution in [-0.4, -0.2) is 11.9 Å². The second-order valence-corrected chi connectivity index (χ2v) is 4.81. The highest BCUT2D eigenvalue weighted by molar-refractivity contribution is 5.96. The molecule has 3 nitrogen and oxygen atoms in total. The van der Waals surface area contributed by atoms with Gasteiger partial charge in [0.25, 0.3) is 5.91 Å². The predicted molar refractivity (Wildman–Crippen MR) is 72.0 cm³/mol. The normalized spacial score (nSPS) is 12.5. The number of carbonyl (C=O) groups excluding carboxylic acids is 1. The van der Waals surface area contributed by atoms with E-state index >= 15 is 0 Å². The summed E-state index contributed by atoms with van der Waals surface area (Å²) in [6.45, 7) is 8.23.